The molecule has 1 N–H and O–H groups in total. The number of benzene rings is 2. The number of aryl methyl sites for hydroxylation is 1. The van der Waals surface area contributed by atoms with Gasteiger partial charge in [-0.3, -0.25) is 0 Å². The van der Waals surface area contributed by atoms with Crippen LogP contribution in [0.25, 0.3) is 0 Å². The molecule has 2 rings (SSSR count). The third-order valence-electron chi connectivity index (χ3n) is 2.75. The molecule has 0 unspecified atom stereocenters. The van der Waals surface area contributed by atoms with Crippen LogP contribution in [-0.2, 0) is 0 Å². The lowest BCUT2D eigenvalue weighted by Crippen LogP contribution is -1.96. The maximum absolute atomic E-state index is 13.5. The van der Waals surface area contributed by atoms with E-state index in [1.54, 1.807) is 18.2 Å². The van der Waals surface area contributed by atoms with Crippen LogP contribution in [-0.4, -0.2) is 0 Å². The van der Waals surface area contributed by atoms with E-state index in [1.807, 2.05) is 19.1 Å². The van der Waals surface area contributed by atoms with Crippen molar-refractivity contribution >= 4 is 11.4 Å². The third kappa shape index (κ3) is 2.53. The van der Waals surface area contributed by atoms with Gasteiger partial charge in [0.15, 0.2) is 0 Å². The van der Waals surface area contributed by atoms with Gasteiger partial charge in [0, 0.05) is 5.69 Å². The number of anilines is 2. The van der Waals surface area contributed by atoms with Crippen LogP contribution in [0.5, 0.6) is 0 Å². The standard InChI is InChI=1S/C15H10FN3/c1-10-3-2-4-15(13(10)9-18)19-12-6-5-11(8-17)14(16)7-12/h2-7,19H,1H3. The third-order valence-corrected chi connectivity index (χ3v) is 2.75. The van der Waals surface area contributed by atoms with Crippen molar-refractivity contribution in [3.8, 4) is 12.1 Å². The second kappa shape index (κ2) is 5.20. The van der Waals surface area contributed by atoms with E-state index in [4.69, 9.17) is 10.5 Å². The number of rotatable bonds is 2. The summed E-state index contributed by atoms with van der Waals surface area (Å²) in [5.41, 5.74) is 2.48. The van der Waals surface area contributed by atoms with Crippen LogP contribution in [0.15, 0.2) is 36.4 Å². The predicted molar refractivity (Wildman–Crippen MR) is 70.3 cm³/mol. The summed E-state index contributed by atoms with van der Waals surface area (Å²) in [7, 11) is 0. The number of halogens is 1. The van der Waals surface area contributed by atoms with E-state index in [1.165, 1.54) is 12.1 Å². The Morgan fingerprint density at radius 1 is 1.11 bits per heavy atom. The molecular formula is C15H10FN3. The van der Waals surface area contributed by atoms with Crippen molar-refractivity contribution in [1.29, 1.82) is 10.5 Å². The summed E-state index contributed by atoms with van der Waals surface area (Å²) in [6, 6.07) is 13.5. The minimum absolute atomic E-state index is 0.00435. The summed E-state index contributed by atoms with van der Waals surface area (Å²) in [6.45, 7) is 1.84. The topological polar surface area (TPSA) is 59.6 Å². The van der Waals surface area contributed by atoms with E-state index in [0.29, 0.717) is 16.9 Å². The van der Waals surface area contributed by atoms with E-state index in [0.717, 1.165) is 5.56 Å². The second-order valence-electron chi connectivity index (χ2n) is 4.04. The summed E-state index contributed by atoms with van der Waals surface area (Å²) in [5, 5.41) is 20.8. The number of nitrogens with zero attached hydrogens (tertiary/aromatic N) is 2. The summed E-state index contributed by atoms with van der Waals surface area (Å²) in [5.74, 6) is -0.585. The summed E-state index contributed by atoms with van der Waals surface area (Å²) in [6.07, 6.45) is 0. The van der Waals surface area contributed by atoms with Crippen LogP contribution < -0.4 is 5.32 Å². The van der Waals surface area contributed by atoms with Gasteiger partial charge in [0.1, 0.15) is 18.0 Å². The van der Waals surface area contributed by atoms with Crippen molar-refractivity contribution in [2.75, 3.05) is 5.32 Å². The van der Waals surface area contributed by atoms with Gasteiger partial charge in [-0.25, -0.2) is 4.39 Å². The Balaban J connectivity index is 2.38. The smallest absolute Gasteiger partial charge is 0.143 e. The first kappa shape index (κ1) is 12.6. The zero-order chi connectivity index (χ0) is 13.8. The summed E-state index contributed by atoms with van der Waals surface area (Å²) < 4.78 is 13.5. The molecule has 92 valence electrons. The quantitative estimate of drug-likeness (QED) is 0.886. The Hall–Kier alpha value is -2.85. The SMILES string of the molecule is Cc1cccc(Nc2ccc(C#N)c(F)c2)c1C#N. The number of hydrogen-bond donors (Lipinski definition) is 1. The molecule has 0 aromatic heterocycles. The highest BCUT2D eigenvalue weighted by atomic mass is 19.1. The van der Waals surface area contributed by atoms with Gasteiger partial charge in [-0.2, -0.15) is 10.5 Å². The Morgan fingerprint density at radius 3 is 2.53 bits per heavy atom. The van der Waals surface area contributed by atoms with Gasteiger partial charge in [0.25, 0.3) is 0 Å². The second-order valence-corrected chi connectivity index (χ2v) is 4.04. The van der Waals surface area contributed by atoms with Gasteiger partial charge >= 0.3 is 0 Å². The molecule has 0 saturated heterocycles. The fourth-order valence-electron chi connectivity index (χ4n) is 1.76. The molecule has 4 heteroatoms. The van der Waals surface area contributed by atoms with Crippen LogP contribution in [0.4, 0.5) is 15.8 Å². The van der Waals surface area contributed by atoms with Gasteiger partial charge in [-0.1, -0.05) is 12.1 Å². The highest BCUT2D eigenvalue weighted by molar-refractivity contribution is 5.68. The molecule has 0 heterocycles. The maximum atomic E-state index is 13.5. The number of nitriles is 2. The molecule has 0 saturated carbocycles. The Bertz CT molecular complexity index is 708. The van der Waals surface area contributed by atoms with Gasteiger partial charge < -0.3 is 5.32 Å². The predicted octanol–water partition coefficient (Wildman–Crippen LogP) is 3.62. The highest BCUT2D eigenvalue weighted by Crippen LogP contribution is 2.24. The average molecular weight is 251 g/mol. The first-order chi connectivity index (χ1) is 9.15. The lowest BCUT2D eigenvalue weighted by atomic mass is 10.1. The van der Waals surface area contributed by atoms with Crippen molar-refractivity contribution in [2.45, 2.75) is 6.92 Å². The molecule has 0 aliphatic carbocycles. The molecule has 0 atom stereocenters. The number of hydrogen-bond acceptors (Lipinski definition) is 3. The number of nitrogens with one attached hydrogen (secondary N) is 1. The van der Waals surface area contributed by atoms with Gasteiger partial charge in [-0.05, 0) is 36.8 Å². The molecule has 0 aliphatic rings. The van der Waals surface area contributed by atoms with E-state index in [-0.39, 0.29) is 5.56 Å². The van der Waals surface area contributed by atoms with E-state index < -0.39 is 5.82 Å². The van der Waals surface area contributed by atoms with E-state index in [9.17, 15) is 4.39 Å². The highest BCUT2D eigenvalue weighted by Gasteiger charge is 2.07. The minimum Gasteiger partial charge on any atom is -0.354 e. The van der Waals surface area contributed by atoms with Crippen molar-refractivity contribution in [3.63, 3.8) is 0 Å². The van der Waals surface area contributed by atoms with Crippen LogP contribution in [0.2, 0.25) is 0 Å². The molecular weight excluding hydrogens is 241 g/mol. The van der Waals surface area contributed by atoms with Gasteiger partial charge in [0.2, 0.25) is 0 Å². The molecule has 2 aromatic rings. The maximum Gasteiger partial charge on any atom is 0.143 e. The Kier molecular flexibility index (Phi) is 3.45. The molecule has 19 heavy (non-hydrogen) atoms. The van der Waals surface area contributed by atoms with Crippen molar-refractivity contribution in [1.82, 2.24) is 0 Å². The summed E-state index contributed by atoms with van der Waals surface area (Å²) >= 11 is 0. The molecule has 2 aromatic carbocycles. The normalized spacial score (nSPS) is 9.47. The molecule has 0 bridgehead atoms. The average Bonchev–Trinajstić information content (AvgIpc) is 2.39. The lowest BCUT2D eigenvalue weighted by Gasteiger charge is -2.10. The van der Waals surface area contributed by atoms with Crippen molar-refractivity contribution < 1.29 is 4.39 Å². The van der Waals surface area contributed by atoms with Crippen molar-refractivity contribution in [2.24, 2.45) is 0 Å². The zero-order valence-electron chi connectivity index (χ0n) is 10.2. The lowest BCUT2D eigenvalue weighted by molar-refractivity contribution is 0.624. The molecule has 0 radical (unpaired) electrons. The first-order valence-electron chi connectivity index (χ1n) is 5.62. The molecule has 0 amide bonds. The van der Waals surface area contributed by atoms with Crippen LogP contribution in [0.3, 0.4) is 0 Å². The monoisotopic (exact) mass is 251 g/mol. The Morgan fingerprint density at radius 2 is 1.89 bits per heavy atom. The molecule has 0 aliphatic heterocycles. The largest absolute Gasteiger partial charge is 0.354 e. The molecule has 3 nitrogen and oxygen atoms in total. The molecule has 0 fully saturated rings. The van der Waals surface area contributed by atoms with Gasteiger partial charge in [0.05, 0.1) is 16.8 Å². The fraction of sp³-hybridized carbons (Fsp3) is 0.0667. The van der Waals surface area contributed by atoms with Crippen LogP contribution in [0, 0.1) is 35.4 Å². The van der Waals surface area contributed by atoms with Crippen LogP contribution >= 0.6 is 0 Å². The van der Waals surface area contributed by atoms with Crippen LogP contribution in [0.1, 0.15) is 16.7 Å². The van der Waals surface area contributed by atoms with Gasteiger partial charge in [-0.15, -0.1) is 0 Å². The summed E-state index contributed by atoms with van der Waals surface area (Å²) in [4.78, 5) is 0. The Labute approximate surface area is 110 Å². The minimum atomic E-state index is -0.585. The first-order valence-corrected chi connectivity index (χ1v) is 5.62. The van der Waals surface area contributed by atoms with E-state index in [2.05, 4.69) is 11.4 Å². The zero-order valence-corrected chi connectivity index (χ0v) is 10.2. The van der Waals surface area contributed by atoms with E-state index >= 15 is 0 Å². The molecule has 0 spiro atoms. The van der Waals surface area contributed by atoms with Crippen molar-refractivity contribution in [3.05, 3.63) is 58.9 Å². The fourth-order valence-corrected chi connectivity index (χ4v) is 1.76.